The first-order valence-corrected chi connectivity index (χ1v) is 10.0. The number of nitrogens with zero attached hydrogens (tertiary/aromatic N) is 3. The van der Waals surface area contributed by atoms with Gasteiger partial charge in [0.2, 0.25) is 5.91 Å². The minimum Gasteiger partial charge on any atom is -0.389 e. The number of hydrogen-bond acceptors (Lipinski definition) is 4. The minimum absolute atomic E-state index is 0.0689. The number of benzene rings is 1. The number of amides is 1. The summed E-state index contributed by atoms with van der Waals surface area (Å²) in [5.41, 5.74) is 0.706. The van der Waals surface area contributed by atoms with E-state index < -0.39 is 6.10 Å². The van der Waals surface area contributed by atoms with Crippen molar-refractivity contribution in [1.29, 1.82) is 0 Å². The van der Waals surface area contributed by atoms with E-state index in [4.69, 9.17) is 4.74 Å². The summed E-state index contributed by atoms with van der Waals surface area (Å²) in [6.45, 7) is 3.18. The van der Waals surface area contributed by atoms with E-state index >= 15 is 0 Å². The van der Waals surface area contributed by atoms with E-state index in [9.17, 15) is 14.3 Å². The van der Waals surface area contributed by atoms with Crippen LogP contribution in [-0.2, 0) is 16.1 Å². The van der Waals surface area contributed by atoms with Crippen LogP contribution < -0.4 is 0 Å². The fourth-order valence-electron chi connectivity index (χ4n) is 4.60. The van der Waals surface area contributed by atoms with Gasteiger partial charge in [-0.05, 0) is 48.9 Å². The van der Waals surface area contributed by atoms with E-state index in [1.807, 2.05) is 12.3 Å². The van der Waals surface area contributed by atoms with Crippen molar-refractivity contribution in [2.24, 2.45) is 0 Å². The highest BCUT2D eigenvalue weighted by Gasteiger charge is 2.39. The summed E-state index contributed by atoms with van der Waals surface area (Å²) in [6, 6.07) is 6.34. The third-order valence-corrected chi connectivity index (χ3v) is 6.24. The number of carbonyl (C=O) groups is 1. The topological polar surface area (TPSA) is 57.9 Å². The Labute approximate surface area is 164 Å². The molecular weight excluding hydrogens is 361 g/mol. The number of aliphatic hydroxyl groups excluding tert-OH is 1. The molecule has 152 valence electrons. The maximum Gasteiger partial charge on any atom is 0.242 e. The normalized spacial score (nSPS) is 26.5. The van der Waals surface area contributed by atoms with Gasteiger partial charge in [0.1, 0.15) is 12.4 Å². The van der Waals surface area contributed by atoms with Crippen LogP contribution in [0.15, 0.2) is 30.5 Å². The molecule has 1 saturated heterocycles. The van der Waals surface area contributed by atoms with Crippen LogP contribution in [-0.4, -0.2) is 76.9 Å². The van der Waals surface area contributed by atoms with Crippen molar-refractivity contribution in [3.63, 3.8) is 0 Å². The van der Waals surface area contributed by atoms with E-state index in [0.29, 0.717) is 18.7 Å². The summed E-state index contributed by atoms with van der Waals surface area (Å²) in [5, 5.41) is 11.9. The molecule has 1 aromatic carbocycles. The number of halogens is 1. The van der Waals surface area contributed by atoms with Gasteiger partial charge in [-0.1, -0.05) is 0 Å². The molecule has 3 atom stereocenters. The van der Waals surface area contributed by atoms with Gasteiger partial charge in [-0.25, -0.2) is 4.39 Å². The molecule has 1 aliphatic heterocycles. The standard InChI is InChI=1S/C21H28FN3O3/c1-23(17-3-2-4-18(21(17)27)24-9-11-28-12-10-24)20(26)14-25-8-7-15-5-6-16(22)13-19(15)25/h5-8,13,17-18,21,27H,2-4,9-12,14H2,1H3/t17-,18-,21-/m1/s1. The van der Waals surface area contributed by atoms with Crippen molar-refractivity contribution < 1.29 is 19.0 Å². The summed E-state index contributed by atoms with van der Waals surface area (Å²) < 4.78 is 20.8. The predicted octanol–water partition coefficient (Wildman–Crippen LogP) is 1.85. The molecule has 1 N–H and O–H groups in total. The number of fused-ring (bicyclic) bond motifs is 1. The molecular formula is C21H28FN3O3. The Morgan fingerprint density at radius 2 is 2.07 bits per heavy atom. The largest absolute Gasteiger partial charge is 0.389 e. The van der Waals surface area contributed by atoms with Gasteiger partial charge < -0.3 is 19.3 Å². The Hall–Kier alpha value is -1.96. The number of aromatic nitrogens is 1. The second-order valence-corrected chi connectivity index (χ2v) is 7.86. The van der Waals surface area contributed by atoms with Gasteiger partial charge in [0.05, 0.1) is 30.9 Å². The zero-order chi connectivity index (χ0) is 19.7. The molecule has 2 heterocycles. The summed E-state index contributed by atoms with van der Waals surface area (Å²) in [7, 11) is 1.77. The molecule has 6 nitrogen and oxygen atoms in total. The van der Waals surface area contributed by atoms with E-state index in [0.717, 1.165) is 37.7 Å². The monoisotopic (exact) mass is 389 g/mol. The first-order valence-electron chi connectivity index (χ1n) is 10.0. The number of rotatable bonds is 4. The lowest BCUT2D eigenvalue weighted by molar-refractivity contribution is -0.138. The van der Waals surface area contributed by atoms with Crippen LogP contribution >= 0.6 is 0 Å². The second kappa shape index (κ2) is 8.19. The average molecular weight is 389 g/mol. The highest BCUT2D eigenvalue weighted by Crippen LogP contribution is 2.28. The van der Waals surface area contributed by atoms with Gasteiger partial charge in [0.15, 0.2) is 0 Å². The van der Waals surface area contributed by atoms with Crippen molar-refractivity contribution in [2.45, 2.75) is 44.0 Å². The lowest BCUT2D eigenvalue weighted by Gasteiger charge is -2.45. The van der Waals surface area contributed by atoms with Crippen LogP contribution in [0, 0.1) is 5.82 Å². The molecule has 0 unspecified atom stereocenters. The van der Waals surface area contributed by atoms with Crippen molar-refractivity contribution in [3.8, 4) is 0 Å². The predicted molar refractivity (Wildman–Crippen MR) is 104 cm³/mol. The highest BCUT2D eigenvalue weighted by atomic mass is 19.1. The van der Waals surface area contributed by atoms with Crippen LogP contribution in [0.4, 0.5) is 4.39 Å². The van der Waals surface area contributed by atoms with Crippen molar-refractivity contribution in [1.82, 2.24) is 14.4 Å². The third-order valence-electron chi connectivity index (χ3n) is 6.24. The summed E-state index contributed by atoms with van der Waals surface area (Å²) >= 11 is 0. The van der Waals surface area contributed by atoms with Gasteiger partial charge in [0.25, 0.3) is 0 Å². The Kier molecular flexibility index (Phi) is 5.66. The summed E-state index contributed by atoms with van der Waals surface area (Å²) in [6.07, 6.45) is 3.97. The number of ether oxygens (including phenoxy) is 1. The van der Waals surface area contributed by atoms with Crippen LogP contribution in [0.2, 0.25) is 0 Å². The van der Waals surface area contributed by atoms with Gasteiger partial charge in [0, 0.05) is 32.4 Å². The molecule has 1 aromatic heterocycles. The smallest absolute Gasteiger partial charge is 0.242 e. The third kappa shape index (κ3) is 3.79. The number of aliphatic hydroxyl groups is 1. The molecule has 2 aliphatic rings. The SMILES string of the molecule is CN(C(=O)Cn1ccc2ccc(F)cc21)[C@@H]1CCC[C@@H](N2CCOCC2)[C@@H]1O. The van der Waals surface area contributed by atoms with E-state index in [1.54, 1.807) is 22.6 Å². The number of morpholine rings is 1. The second-order valence-electron chi connectivity index (χ2n) is 7.86. The molecule has 0 radical (unpaired) electrons. The molecule has 2 fully saturated rings. The lowest BCUT2D eigenvalue weighted by atomic mass is 9.86. The first kappa shape index (κ1) is 19.4. The number of hydrogen-bond donors (Lipinski definition) is 1. The number of carbonyl (C=O) groups excluding carboxylic acids is 1. The van der Waals surface area contributed by atoms with Crippen LogP contribution in [0.3, 0.4) is 0 Å². The average Bonchev–Trinajstić information content (AvgIpc) is 3.10. The first-order chi connectivity index (χ1) is 13.5. The summed E-state index contributed by atoms with van der Waals surface area (Å²) in [5.74, 6) is -0.391. The van der Waals surface area contributed by atoms with Crippen LogP contribution in [0.5, 0.6) is 0 Å². The molecule has 4 rings (SSSR count). The minimum atomic E-state index is -0.570. The van der Waals surface area contributed by atoms with Crippen molar-refractivity contribution in [2.75, 3.05) is 33.4 Å². The zero-order valence-corrected chi connectivity index (χ0v) is 16.3. The highest BCUT2D eigenvalue weighted by molar-refractivity contribution is 5.83. The number of likely N-dealkylation sites (N-methyl/N-ethyl adjacent to an activating group) is 1. The van der Waals surface area contributed by atoms with Crippen molar-refractivity contribution in [3.05, 3.63) is 36.3 Å². The molecule has 2 aromatic rings. The van der Waals surface area contributed by atoms with Gasteiger partial charge in [-0.2, -0.15) is 0 Å². The maximum atomic E-state index is 13.6. The lowest BCUT2D eigenvalue weighted by Crippen LogP contribution is -2.59. The summed E-state index contributed by atoms with van der Waals surface area (Å²) in [4.78, 5) is 16.9. The molecule has 1 aliphatic carbocycles. The Morgan fingerprint density at radius 1 is 1.29 bits per heavy atom. The molecule has 0 bridgehead atoms. The molecule has 1 amide bonds. The van der Waals surface area contributed by atoms with Gasteiger partial charge in [-0.15, -0.1) is 0 Å². The zero-order valence-electron chi connectivity index (χ0n) is 16.3. The Balaban J connectivity index is 1.45. The van der Waals surface area contributed by atoms with Gasteiger partial charge >= 0.3 is 0 Å². The van der Waals surface area contributed by atoms with Crippen molar-refractivity contribution >= 4 is 16.8 Å². The van der Waals surface area contributed by atoms with E-state index in [1.165, 1.54) is 12.1 Å². The van der Waals surface area contributed by atoms with E-state index in [-0.39, 0.29) is 30.4 Å². The van der Waals surface area contributed by atoms with E-state index in [2.05, 4.69) is 4.90 Å². The maximum absolute atomic E-state index is 13.6. The Morgan fingerprint density at radius 3 is 2.86 bits per heavy atom. The van der Waals surface area contributed by atoms with Crippen LogP contribution in [0.1, 0.15) is 19.3 Å². The molecule has 1 saturated carbocycles. The molecule has 28 heavy (non-hydrogen) atoms. The Bertz CT molecular complexity index is 833. The quantitative estimate of drug-likeness (QED) is 0.867. The van der Waals surface area contributed by atoms with Gasteiger partial charge in [-0.3, -0.25) is 9.69 Å². The molecule has 7 heteroatoms. The fourth-order valence-corrected chi connectivity index (χ4v) is 4.60. The fraction of sp³-hybridized carbons (Fsp3) is 0.571. The molecule has 0 spiro atoms. The van der Waals surface area contributed by atoms with Crippen LogP contribution in [0.25, 0.3) is 10.9 Å².